The molecule has 0 unspecified atom stereocenters. The Hall–Kier alpha value is -2.36. The van der Waals surface area contributed by atoms with Crippen molar-refractivity contribution in [1.82, 2.24) is 5.16 Å². The fourth-order valence-corrected chi connectivity index (χ4v) is 1.53. The zero-order chi connectivity index (χ0) is 13.0. The van der Waals surface area contributed by atoms with E-state index in [2.05, 4.69) is 17.1 Å². The zero-order valence-electron chi connectivity index (χ0n) is 10.1. The summed E-state index contributed by atoms with van der Waals surface area (Å²) in [5.74, 6) is 0.631. The highest BCUT2D eigenvalue weighted by Crippen LogP contribution is 2.21. The molecule has 1 aromatic carbocycles. The minimum absolute atomic E-state index is 0.225. The summed E-state index contributed by atoms with van der Waals surface area (Å²) in [5, 5.41) is 6.67. The van der Waals surface area contributed by atoms with E-state index in [4.69, 9.17) is 4.52 Å². The largest absolute Gasteiger partial charge is 0.361 e. The lowest BCUT2D eigenvalue weighted by atomic mass is 10.1. The maximum Gasteiger partial charge on any atom is 0.247 e. The van der Waals surface area contributed by atoms with Gasteiger partial charge in [0.1, 0.15) is 11.5 Å². The van der Waals surface area contributed by atoms with Crippen molar-refractivity contribution in [1.29, 1.82) is 0 Å². The number of nitrogens with zero attached hydrogens (tertiary/aromatic N) is 1. The van der Waals surface area contributed by atoms with Gasteiger partial charge in [-0.05, 0) is 18.2 Å². The predicted octanol–water partition coefficient (Wildman–Crippen LogP) is 3.03. The van der Waals surface area contributed by atoms with Crippen molar-refractivity contribution < 1.29 is 9.32 Å². The van der Waals surface area contributed by atoms with Crippen LogP contribution in [0.25, 0.3) is 11.3 Å². The lowest BCUT2D eigenvalue weighted by Gasteiger charge is -2.02. The number of benzene rings is 1. The van der Waals surface area contributed by atoms with Gasteiger partial charge in [-0.3, -0.25) is 4.79 Å². The number of carbonyl (C=O) groups is 1. The Morgan fingerprint density at radius 2 is 2.17 bits per heavy atom. The third-order valence-corrected chi connectivity index (χ3v) is 2.54. The van der Waals surface area contributed by atoms with Crippen LogP contribution in [0.3, 0.4) is 0 Å². The van der Waals surface area contributed by atoms with Gasteiger partial charge < -0.3 is 9.84 Å². The molecule has 2 aromatic rings. The third kappa shape index (κ3) is 2.66. The van der Waals surface area contributed by atoms with Gasteiger partial charge in [-0.2, -0.15) is 0 Å². The van der Waals surface area contributed by atoms with Crippen LogP contribution >= 0.6 is 0 Å². The molecule has 1 aromatic heterocycles. The van der Waals surface area contributed by atoms with Crippen LogP contribution in [0.2, 0.25) is 0 Å². The highest BCUT2D eigenvalue weighted by Gasteiger charge is 2.05. The van der Waals surface area contributed by atoms with Crippen LogP contribution in [0.1, 0.15) is 12.7 Å². The summed E-state index contributed by atoms with van der Waals surface area (Å²) in [5.41, 5.74) is 2.48. The molecule has 0 atom stereocenters. The zero-order valence-corrected chi connectivity index (χ0v) is 10.1. The summed E-state index contributed by atoms with van der Waals surface area (Å²) in [6.07, 6.45) is 2.06. The molecule has 0 aliphatic carbocycles. The number of aromatic nitrogens is 1. The third-order valence-electron chi connectivity index (χ3n) is 2.54. The average Bonchev–Trinajstić information content (AvgIpc) is 2.88. The molecule has 2 rings (SSSR count). The summed E-state index contributed by atoms with van der Waals surface area (Å²) < 4.78 is 5.15. The number of nitrogens with one attached hydrogen (secondary N) is 1. The topological polar surface area (TPSA) is 55.1 Å². The van der Waals surface area contributed by atoms with E-state index in [0.29, 0.717) is 0 Å². The lowest BCUT2D eigenvalue weighted by molar-refractivity contribution is -0.111. The molecule has 0 spiro atoms. The Bertz CT molecular complexity index is 555. The Morgan fingerprint density at radius 3 is 2.72 bits per heavy atom. The molecule has 0 fully saturated rings. The summed E-state index contributed by atoms with van der Waals surface area (Å²) >= 11 is 0. The Kier molecular flexibility index (Phi) is 3.57. The van der Waals surface area contributed by atoms with Crippen molar-refractivity contribution in [2.24, 2.45) is 0 Å². The van der Waals surface area contributed by atoms with Gasteiger partial charge in [0.15, 0.2) is 0 Å². The van der Waals surface area contributed by atoms with E-state index in [-0.39, 0.29) is 5.91 Å². The number of amides is 1. The predicted molar refractivity (Wildman–Crippen MR) is 70.1 cm³/mol. The first-order chi connectivity index (χ1) is 8.72. The Labute approximate surface area is 105 Å². The molecular formula is C14H14N2O2. The molecule has 1 N–H and O–H groups in total. The normalized spacial score (nSPS) is 10.1. The van der Waals surface area contributed by atoms with Gasteiger partial charge in [0.05, 0.1) is 0 Å². The number of hydrogen-bond acceptors (Lipinski definition) is 3. The van der Waals surface area contributed by atoms with Gasteiger partial charge in [0, 0.05) is 23.7 Å². The standard InChI is InChI=1S/C14H14N2O2/c1-3-12-9-13(16-18-12)10-5-7-11(8-6-10)15-14(17)4-2/h4-9H,2-3H2,1H3,(H,15,17). The molecule has 0 aliphatic heterocycles. The molecule has 0 aliphatic rings. The lowest BCUT2D eigenvalue weighted by Crippen LogP contribution is -2.06. The van der Waals surface area contributed by atoms with E-state index in [1.165, 1.54) is 6.08 Å². The molecule has 0 radical (unpaired) electrons. The fraction of sp³-hybridized carbons (Fsp3) is 0.143. The molecule has 18 heavy (non-hydrogen) atoms. The minimum Gasteiger partial charge on any atom is -0.361 e. The van der Waals surface area contributed by atoms with E-state index in [9.17, 15) is 4.79 Å². The van der Waals surface area contributed by atoms with Gasteiger partial charge in [-0.1, -0.05) is 30.8 Å². The van der Waals surface area contributed by atoms with E-state index >= 15 is 0 Å². The van der Waals surface area contributed by atoms with E-state index < -0.39 is 0 Å². The second-order valence-corrected chi connectivity index (χ2v) is 3.80. The summed E-state index contributed by atoms with van der Waals surface area (Å²) in [6.45, 7) is 5.41. The molecule has 92 valence electrons. The highest BCUT2D eigenvalue weighted by molar-refractivity contribution is 5.98. The van der Waals surface area contributed by atoms with E-state index in [1.54, 1.807) is 0 Å². The van der Waals surface area contributed by atoms with Gasteiger partial charge >= 0.3 is 0 Å². The SMILES string of the molecule is C=CC(=O)Nc1ccc(-c2cc(CC)on2)cc1. The van der Waals surface area contributed by atoms with Gasteiger partial charge in [0.25, 0.3) is 0 Å². The van der Waals surface area contributed by atoms with Crippen molar-refractivity contribution in [3.05, 3.63) is 48.7 Å². The van der Waals surface area contributed by atoms with Crippen molar-refractivity contribution in [3.63, 3.8) is 0 Å². The fourth-order valence-electron chi connectivity index (χ4n) is 1.53. The van der Waals surface area contributed by atoms with E-state index in [1.807, 2.05) is 37.3 Å². The molecule has 0 saturated heterocycles. The van der Waals surface area contributed by atoms with Gasteiger partial charge in [0.2, 0.25) is 5.91 Å². The second-order valence-electron chi connectivity index (χ2n) is 3.80. The Balaban J connectivity index is 2.16. The summed E-state index contributed by atoms with van der Waals surface area (Å²) in [4.78, 5) is 11.1. The van der Waals surface area contributed by atoms with Crippen LogP contribution in [0, 0.1) is 0 Å². The number of rotatable bonds is 4. The van der Waals surface area contributed by atoms with Crippen molar-refractivity contribution in [2.75, 3.05) is 5.32 Å². The number of aryl methyl sites for hydroxylation is 1. The monoisotopic (exact) mass is 242 g/mol. The first-order valence-corrected chi connectivity index (χ1v) is 5.72. The maximum absolute atomic E-state index is 11.1. The molecular weight excluding hydrogens is 228 g/mol. The quantitative estimate of drug-likeness (QED) is 0.838. The molecule has 1 amide bonds. The molecule has 4 nitrogen and oxygen atoms in total. The van der Waals surface area contributed by atoms with Gasteiger partial charge in [-0.25, -0.2) is 0 Å². The molecule has 4 heteroatoms. The summed E-state index contributed by atoms with van der Waals surface area (Å²) in [6, 6.07) is 9.32. The van der Waals surface area contributed by atoms with Crippen LogP contribution in [0.15, 0.2) is 47.5 Å². The van der Waals surface area contributed by atoms with Crippen LogP contribution < -0.4 is 5.32 Å². The number of hydrogen-bond donors (Lipinski definition) is 1. The summed E-state index contributed by atoms with van der Waals surface area (Å²) in [7, 11) is 0. The minimum atomic E-state index is -0.225. The van der Waals surface area contributed by atoms with Gasteiger partial charge in [-0.15, -0.1) is 0 Å². The molecule has 1 heterocycles. The maximum atomic E-state index is 11.1. The van der Waals surface area contributed by atoms with Crippen LogP contribution in [-0.2, 0) is 11.2 Å². The second kappa shape index (κ2) is 5.31. The van der Waals surface area contributed by atoms with Crippen molar-refractivity contribution in [2.45, 2.75) is 13.3 Å². The van der Waals surface area contributed by atoms with Crippen LogP contribution in [-0.4, -0.2) is 11.1 Å². The average molecular weight is 242 g/mol. The highest BCUT2D eigenvalue weighted by atomic mass is 16.5. The van der Waals surface area contributed by atoms with Crippen LogP contribution in [0.4, 0.5) is 5.69 Å². The smallest absolute Gasteiger partial charge is 0.247 e. The molecule has 0 bridgehead atoms. The first-order valence-electron chi connectivity index (χ1n) is 5.72. The van der Waals surface area contributed by atoms with Crippen LogP contribution in [0.5, 0.6) is 0 Å². The van der Waals surface area contributed by atoms with Crippen molar-refractivity contribution in [3.8, 4) is 11.3 Å². The Morgan fingerprint density at radius 1 is 1.44 bits per heavy atom. The molecule has 0 saturated carbocycles. The number of anilines is 1. The van der Waals surface area contributed by atoms with Crippen molar-refractivity contribution >= 4 is 11.6 Å². The van der Waals surface area contributed by atoms with E-state index in [0.717, 1.165) is 29.1 Å². The number of carbonyl (C=O) groups excluding carboxylic acids is 1. The first kappa shape index (κ1) is 12.1.